The van der Waals surface area contributed by atoms with Gasteiger partial charge < -0.3 is 15.6 Å². The Morgan fingerprint density at radius 1 is 1.47 bits per heavy atom. The van der Waals surface area contributed by atoms with Crippen LogP contribution in [0.5, 0.6) is 5.75 Å². The van der Waals surface area contributed by atoms with Crippen LogP contribution in [0.3, 0.4) is 0 Å². The predicted molar refractivity (Wildman–Crippen MR) is 76.6 cm³/mol. The number of nitrogens with zero attached hydrogens (tertiary/aromatic N) is 1. The maximum atomic E-state index is 9.35. The van der Waals surface area contributed by atoms with Crippen molar-refractivity contribution in [1.29, 1.82) is 5.41 Å². The van der Waals surface area contributed by atoms with Crippen LogP contribution in [0.2, 0.25) is 0 Å². The van der Waals surface area contributed by atoms with Crippen LogP contribution in [0.25, 0.3) is 0 Å². The van der Waals surface area contributed by atoms with E-state index in [1.54, 1.807) is 13.2 Å². The molecule has 0 aliphatic heterocycles. The van der Waals surface area contributed by atoms with Crippen molar-refractivity contribution in [2.45, 2.75) is 25.9 Å². The van der Waals surface area contributed by atoms with E-state index in [0.29, 0.717) is 17.9 Å². The van der Waals surface area contributed by atoms with Gasteiger partial charge >= 0.3 is 0 Å². The van der Waals surface area contributed by atoms with Crippen LogP contribution >= 0.6 is 0 Å². The second-order valence-corrected chi connectivity index (χ2v) is 5.27. The molecule has 1 rings (SSSR count). The molecule has 0 aliphatic rings. The van der Waals surface area contributed by atoms with Gasteiger partial charge in [0.15, 0.2) is 0 Å². The van der Waals surface area contributed by atoms with E-state index < -0.39 is 0 Å². The Morgan fingerprint density at radius 2 is 2.11 bits per heavy atom. The van der Waals surface area contributed by atoms with Crippen LogP contribution in [0.15, 0.2) is 18.2 Å². The highest BCUT2D eigenvalue weighted by molar-refractivity contribution is 5.97. The molecule has 0 aliphatic carbocycles. The Balaban J connectivity index is 2.95. The number of nitrogens with one attached hydrogen (secondary N) is 1. The van der Waals surface area contributed by atoms with Crippen LogP contribution in [0.1, 0.15) is 25.0 Å². The molecule has 19 heavy (non-hydrogen) atoms. The maximum absolute atomic E-state index is 9.35. The molecule has 0 radical (unpaired) electrons. The summed E-state index contributed by atoms with van der Waals surface area (Å²) in [6, 6.07) is 5.58. The van der Waals surface area contributed by atoms with E-state index in [2.05, 4.69) is 4.90 Å². The van der Waals surface area contributed by atoms with Crippen LogP contribution < -0.4 is 10.5 Å². The van der Waals surface area contributed by atoms with Crippen molar-refractivity contribution >= 4 is 5.84 Å². The SMILES string of the molecule is COc1cc(CN(C)C(C)(C)CO)ccc1C(=N)N. The van der Waals surface area contributed by atoms with Gasteiger partial charge in [-0.15, -0.1) is 0 Å². The summed E-state index contributed by atoms with van der Waals surface area (Å²) < 4.78 is 5.25. The van der Waals surface area contributed by atoms with E-state index in [9.17, 15) is 5.11 Å². The highest BCUT2D eigenvalue weighted by Crippen LogP contribution is 2.22. The second kappa shape index (κ2) is 6.04. The Labute approximate surface area is 114 Å². The summed E-state index contributed by atoms with van der Waals surface area (Å²) in [6.45, 7) is 4.73. The molecule has 0 heterocycles. The number of ether oxygens (including phenoxy) is 1. The van der Waals surface area contributed by atoms with Crippen LogP contribution in [-0.4, -0.2) is 42.1 Å². The second-order valence-electron chi connectivity index (χ2n) is 5.27. The molecule has 0 atom stereocenters. The Kier molecular flexibility index (Phi) is 4.91. The third-order valence-electron chi connectivity index (χ3n) is 3.40. The number of nitrogens with two attached hydrogens (primary N) is 1. The maximum Gasteiger partial charge on any atom is 0.130 e. The van der Waals surface area contributed by atoms with E-state index in [-0.39, 0.29) is 18.0 Å². The summed E-state index contributed by atoms with van der Waals surface area (Å²) in [5, 5.41) is 16.8. The Hall–Kier alpha value is -1.59. The van der Waals surface area contributed by atoms with Gasteiger partial charge in [-0.1, -0.05) is 6.07 Å². The summed E-state index contributed by atoms with van der Waals surface area (Å²) in [7, 11) is 3.52. The molecule has 0 spiro atoms. The van der Waals surface area contributed by atoms with E-state index >= 15 is 0 Å². The van der Waals surface area contributed by atoms with Gasteiger partial charge in [0, 0.05) is 12.1 Å². The predicted octanol–water partition coefficient (Wildman–Crippen LogP) is 1.18. The largest absolute Gasteiger partial charge is 0.496 e. The van der Waals surface area contributed by atoms with Gasteiger partial charge in [0.2, 0.25) is 0 Å². The topological polar surface area (TPSA) is 82.6 Å². The van der Waals surface area contributed by atoms with Crippen molar-refractivity contribution < 1.29 is 9.84 Å². The standard InChI is InChI=1S/C14H23N3O2/c1-14(2,9-18)17(3)8-10-5-6-11(13(15)16)12(7-10)19-4/h5-7,18H,8-9H2,1-4H3,(H3,15,16). The third-order valence-corrected chi connectivity index (χ3v) is 3.40. The number of rotatable bonds is 6. The zero-order valence-corrected chi connectivity index (χ0v) is 12.0. The van der Waals surface area contributed by atoms with Gasteiger partial charge in [-0.05, 0) is 38.6 Å². The number of hydrogen-bond donors (Lipinski definition) is 3. The van der Waals surface area contributed by atoms with Crippen molar-refractivity contribution in [3.63, 3.8) is 0 Å². The summed E-state index contributed by atoms with van der Waals surface area (Å²) in [5.74, 6) is 0.590. The molecule has 5 heteroatoms. The van der Waals surface area contributed by atoms with Gasteiger partial charge in [0.1, 0.15) is 11.6 Å². The highest BCUT2D eigenvalue weighted by Gasteiger charge is 2.22. The molecular weight excluding hydrogens is 242 g/mol. The van der Waals surface area contributed by atoms with Crippen molar-refractivity contribution in [3.8, 4) is 5.75 Å². The summed E-state index contributed by atoms with van der Waals surface area (Å²) in [5.41, 5.74) is 6.85. The lowest BCUT2D eigenvalue weighted by Gasteiger charge is -2.34. The van der Waals surface area contributed by atoms with E-state index in [0.717, 1.165) is 5.56 Å². The molecule has 0 fully saturated rings. The lowest BCUT2D eigenvalue weighted by atomic mass is 10.0. The fraction of sp³-hybridized carbons (Fsp3) is 0.500. The zero-order chi connectivity index (χ0) is 14.6. The zero-order valence-electron chi connectivity index (χ0n) is 12.0. The van der Waals surface area contributed by atoms with Gasteiger partial charge in [0.05, 0.1) is 19.3 Å². The van der Waals surface area contributed by atoms with Gasteiger partial charge in [-0.3, -0.25) is 10.3 Å². The lowest BCUT2D eigenvalue weighted by Crippen LogP contribution is -2.43. The monoisotopic (exact) mass is 265 g/mol. The number of benzene rings is 1. The van der Waals surface area contributed by atoms with Crippen LogP contribution in [-0.2, 0) is 6.54 Å². The molecule has 0 aromatic heterocycles. The molecule has 0 unspecified atom stereocenters. The fourth-order valence-electron chi connectivity index (χ4n) is 1.67. The summed E-state index contributed by atoms with van der Waals surface area (Å²) in [4.78, 5) is 2.06. The number of aliphatic hydroxyl groups is 1. The molecule has 4 N–H and O–H groups in total. The quantitative estimate of drug-likeness (QED) is 0.533. The lowest BCUT2D eigenvalue weighted by molar-refractivity contribution is 0.0733. The first-order valence-corrected chi connectivity index (χ1v) is 6.15. The first kappa shape index (κ1) is 15.5. The van der Waals surface area contributed by atoms with Crippen molar-refractivity contribution in [3.05, 3.63) is 29.3 Å². The molecule has 0 amide bonds. The van der Waals surface area contributed by atoms with E-state index in [1.807, 2.05) is 33.0 Å². The number of aliphatic hydroxyl groups excluding tert-OH is 1. The minimum absolute atomic E-state index is 0.00700. The van der Waals surface area contributed by atoms with Gasteiger partial charge in [-0.25, -0.2) is 0 Å². The Bertz CT molecular complexity index is 458. The average Bonchev–Trinajstić information content (AvgIpc) is 2.38. The van der Waals surface area contributed by atoms with Gasteiger partial charge in [0.25, 0.3) is 0 Å². The normalized spacial score (nSPS) is 11.7. The molecule has 0 saturated carbocycles. The molecule has 0 saturated heterocycles. The minimum atomic E-state index is -0.285. The smallest absolute Gasteiger partial charge is 0.130 e. The Morgan fingerprint density at radius 3 is 2.58 bits per heavy atom. The molecule has 1 aromatic rings. The van der Waals surface area contributed by atoms with Crippen LogP contribution in [0.4, 0.5) is 0 Å². The molecule has 106 valence electrons. The van der Waals surface area contributed by atoms with Crippen molar-refractivity contribution in [2.24, 2.45) is 5.73 Å². The average molecular weight is 265 g/mol. The third kappa shape index (κ3) is 3.68. The summed E-state index contributed by atoms with van der Waals surface area (Å²) in [6.07, 6.45) is 0. The van der Waals surface area contributed by atoms with Crippen LogP contribution in [0, 0.1) is 5.41 Å². The first-order chi connectivity index (χ1) is 8.81. The molecular formula is C14H23N3O2. The number of nitrogen functional groups attached to an aromatic ring is 1. The fourth-order valence-corrected chi connectivity index (χ4v) is 1.67. The number of amidine groups is 1. The number of hydrogen-bond acceptors (Lipinski definition) is 4. The first-order valence-electron chi connectivity index (χ1n) is 6.15. The molecule has 1 aromatic carbocycles. The van der Waals surface area contributed by atoms with Crippen molar-refractivity contribution in [1.82, 2.24) is 4.90 Å². The molecule has 5 nitrogen and oxygen atoms in total. The van der Waals surface area contributed by atoms with E-state index in [4.69, 9.17) is 15.9 Å². The molecule has 0 bridgehead atoms. The minimum Gasteiger partial charge on any atom is -0.496 e. The number of likely N-dealkylation sites (N-methyl/N-ethyl adjacent to an activating group) is 1. The van der Waals surface area contributed by atoms with Crippen molar-refractivity contribution in [2.75, 3.05) is 20.8 Å². The highest BCUT2D eigenvalue weighted by atomic mass is 16.5. The number of methoxy groups -OCH3 is 1. The van der Waals surface area contributed by atoms with Gasteiger partial charge in [-0.2, -0.15) is 0 Å². The summed E-state index contributed by atoms with van der Waals surface area (Å²) >= 11 is 0. The van der Waals surface area contributed by atoms with E-state index in [1.165, 1.54) is 0 Å².